The first-order valence-corrected chi connectivity index (χ1v) is 4.41. The second kappa shape index (κ2) is 4.47. The van der Waals surface area contributed by atoms with Crippen molar-refractivity contribution in [2.75, 3.05) is 0 Å². The van der Waals surface area contributed by atoms with Crippen LogP contribution >= 0.6 is 0 Å². The van der Waals surface area contributed by atoms with Crippen LogP contribution in [0.4, 0.5) is 17.6 Å². The lowest BCUT2D eigenvalue weighted by Gasteiger charge is -2.09. The van der Waals surface area contributed by atoms with E-state index in [1.165, 1.54) is 6.07 Å². The molecule has 0 aliphatic rings. The monoisotopic (exact) mass is 218 g/mol. The van der Waals surface area contributed by atoms with Gasteiger partial charge in [0.1, 0.15) is 5.82 Å². The fourth-order valence-electron chi connectivity index (χ4n) is 1.21. The highest BCUT2D eigenvalue weighted by Crippen LogP contribution is 2.32. The summed E-state index contributed by atoms with van der Waals surface area (Å²) in [5.41, 5.74) is -0.743. The number of allylic oxidation sites excluding steroid dienone is 1. The Bertz CT molecular complexity index is 352. The van der Waals surface area contributed by atoms with Gasteiger partial charge in [-0.3, -0.25) is 0 Å². The maximum atomic E-state index is 12.8. The first kappa shape index (κ1) is 11.8. The summed E-state index contributed by atoms with van der Waals surface area (Å²) >= 11 is 0. The molecule has 4 heteroatoms. The van der Waals surface area contributed by atoms with Crippen LogP contribution in [-0.4, -0.2) is 0 Å². The van der Waals surface area contributed by atoms with E-state index in [0.717, 1.165) is 12.1 Å². The zero-order valence-electron chi connectivity index (χ0n) is 7.94. The van der Waals surface area contributed by atoms with Crippen LogP contribution < -0.4 is 0 Å². The average molecular weight is 218 g/mol. The lowest BCUT2D eigenvalue weighted by molar-refractivity contribution is -0.140. The van der Waals surface area contributed by atoms with Crippen molar-refractivity contribution in [1.29, 1.82) is 0 Å². The molecule has 1 aromatic carbocycles. The molecule has 0 aliphatic carbocycles. The van der Waals surface area contributed by atoms with Gasteiger partial charge in [0.25, 0.3) is 0 Å². The van der Waals surface area contributed by atoms with Gasteiger partial charge in [0.05, 0.1) is 5.56 Å². The van der Waals surface area contributed by atoms with Gasteiger partial charge in [-0.25, -0.2) is 4.39 Å². The molecule has 0 saturated carbocycles. The maximum absolute atomic E-state index is 12.8. The van der Waals surface area contributed by atoms with Crippen molar-refractivity contribution in [3.05, 3.63) is 47.8 Å². The van der Waals surface area contributed by atoms with Crippen LogP contribution in [0.5, 0.6) is 0 Å². The minimum absolute atomic E-state index is 0.437. The molecule has 0 saturated heterocycles. The predicted octanol–water partition coefficient (Wildman–Crippen LogP) is 3.96. The van der Waals surface area contributed by atoms with Crippen molar-refractivity contribution in [2.24, 2.45) is 0 Å². The molecule has 0 atom stereocenters. The van der Waals surface area contributed by atoms with E-state index >= 15 is 0 Å². The van der Waals surface area contributed by atoms with Gasteiger partial charge in [-0.2, -0.15) is 13.2 Å². The van der Waals surface area contributed by atoms with Gasteiger partial charge < -0.3 is 0 Å². The number of aryl methyl sites for hydroxylation is 1. The molecule has 0 unspecified atom stereocenters. The molecule has 0 spiro atoms. The summed E-state index contributed by atoms with van der Waals surface area (Å²) < 4.78 is 49.7. The van der Waals surface area contributed by atoms with E-state index in [1.807, 2.05) is 0 Å². The molecule has 0 N–H and O–H groups in total. The molecule has 0 heterocycles. The van der Waals surface area contributed by atoms with Crippen molar-refractivity contribution < 1.29 is 17.6 Å². The van der Waals surface area contributed by atoms with E-state index in [1.54, 1.807) is 6.08 Å². The highest BCUT2D eigenvalue weighted by atomic mass is 19.4. The number of benzene rings is 1. The van der Waals surface area contributed by atoms with Crippen molar-refractivity contribution in [2.45, 2.75) is 19.0 Å². The molecule has 15 heavy (non-hydrogen) atoms. The Morgan fingerprint density at radius 2 is 1.93 bits per heavy atom. The Kier molecular flexibility index (Phi) is 3.50. The smallest absolute Gasteiger partial charge is 0.206 e. The summed E-state index contributed by atoms with van der Waals surface area (Å²) in [5, 5.41) is 0. The summed E-state index contributed by atoms with van der Waals surface area (Å²) in [6.45, 7) is 3.47. The highest BCUT2D eigenvalue weighted by Gasteiger charge is 2.33. The predicted molar refractivity (Wildman–Crippen MR) is 49.9 cm³/mol. The Morgan fingerprint density at radius 1 is 1.27 bits per heavy atom. The molecule has 0 fully saturated rings. The second-order valence-corrected chi connectivity index (χ2v) is 3.14. The van der Waals surface area contributed by atoms with Gasteiger partial charge in [-0.05, 0) is 30.5 Å². The Labute approximate surface area is 85.2 Å². The first-order valence-electron chi connectivity index (χ1n) is 4.41. The van der Waals surface area contributed by atoms with Crippen LogP contribution in [0.25, 0.3) is 0 Å². The quantitative estimate of drug-likeness (QED) is 0.532. The second-order valence-electron chi connectivity index (χ2n) is 3.14. The molecule has 0 amide bonds. The van der Waals surface area contributed by atoms with E-state index in [2.05, 4.69) is 6.58 Å². The van der Waals surface area contributed by atoms with Crippen molar-refractivity contribution >= 4 is 0 Å². The van der Waals surface area contributed by atoms with E-state index < -0.39 is 17.6 Å². The van der Waals surface area contributed by atoms with Gasteiger partial charge in [0.15, 0.2) is 0 Å². The SMILES string of the molecule is C=CCCc1ccc(F)c(C(F)(F)F)c1. The third-order valence-electron chi connectivity index (χ3n) is 1.97. The minimum atomic E-state index is -4.63. The third kappa shape index (κ3) is 3.08. The normalized spacial score (nSPS) is 11.5. The topological polar surface area (TPSA) is 0 Å². The van der Waals surface area contributed by atoms with E-state index in [-0.39, 0.29) is 0 Å². The van der Waals surface area contributed by atoms with Gasteiger partial charge in [-0.15, -0.1) is 6.58 Å². The minimum Gasteiger partial charge on any atom is -0.206 e. The van der Waals surface area contributed by atoms with Crippen molar-refractivity contribution in [1.82, 2.24) is 0 Å². The summed E-state index contributed by atoms with van der Waals surface area (Å²) in [4.78, 5) is 0. The molecule has 0 radical (unpaired) electrons. The number of alkyl halides is 3. The molecule has 82 valence electrons. The molecular weight excluding hydrogens is 208 g/mol. The molecule has 1 aromatic rings. The average Bonchev–Trinajstić information content (AvgIpc) is 2.15. The Hall–Kier alpha value is -1.32. The fourth-order valence-corrected chi connectivity index (χ4v) is 1.21. The summed E-state index contributed by atoms with van der Waals surface area (Å²) in [6.07, 6.45) is -2.01. The van der Waals surface area contributed by atoms with Crippen LogP contribution in [0.1, 0.15) is 17.5 Å². The van der Waals surface area contributed by atoms with Crippen LogP contribution in [0.2, 0.25) is 0 Å². The maximum Gasteiger partial charge on any atom is 0.419 e. The number of halogens is 4. The standard InChI is InChI=1S/C11H10F4/c1-2-3-4-8-5-6-10(12)9(7-8)11(13,14)15/h2,5-7H,1,3-4H2. The summed E-state index contributed by atoms with van der Waals surface area (Å²) in [6, 6.07) is 3.05. The summed E-state index contributed by atoms with van der Waals surface area (Å²) in [5.74, 6) is -1.23. The van der Waals surface area contributed by atoms with Gasteiger partial charge in [-0.1, -0.05) is 12.1 Å². The molecule has 0 aliphatic heterocycles. The molecule has 0 nitrogen and oxygen atoms in total. The van der Waals surface area contributed by atoms with Crippen LogP contribution in [0.3, 0.4) is 0 Å². The molecule has 1 rings (SSSR count). The first-order chi connectivity index (χ1) is 6.95. The zero-order chi connectivity index (χ0) is 11.5. The van der Waals surface area contributed by atoms with E-state index in [0.29, 0.717) is 18.4 Å². The van der Waals surface area contributed by atoms with Gasteiger partial charge in [0, 0.05) is 0 Å². The molecule has 0 aromatic heterocycles. The van der Waals surface area contributed by atoms with Crippen LogP contribution in [0.15, 0.2) is 30.9 Å². The van der Waals surface area contributed by atoms with Crippen LogP contribution in [-0.2, 0) is 12.6 Å². The highest BCUT2D eigenvalue weighted by molar-refractivity contribution is 5.27. The lowest BCUT2D eigenvalue weighted by atomic mass is 10.1. The van der Waals surface area contributed by atoms with Crippen LogP contribution in [0, 0.1) is 5.82 Å². The summed E-state index contributed by atoms with van der Waals surface area (Å²) in [7, 11) is 0. The Morgan fingerprint density at radius 3 is 2.47 bits per heavy atom. The van der Waals surface area contributed by atoms with E-state index in [4.69, 9.17) is 0 Å². The number of hydrogen-bond acceptors (Lipinski definition) is 0. The number of rotatable bonds is 3. The third-order valence-corrected chi connectivity index (χ3v) is 1.97. The van der Waals surface area contributed by atoms with Crippen molar-refractivity contribution in [3.8, 4) is 0 Å². The zero-order valence-corrected chi connectivity index (χ0v) is 7.94. The van der Waals surface area contributed by atoms with Gasteiger partial charge in [0.2, 0.25) is 0 Å². The Balaban J connectivity index is 3.00. The fraction of sp³-hybridized carbons (Fsp3) is 0.273. The largest absolute Gasteiger partial charge is 0.419 e. The number of hydrogen-bond donors (Lipinski definition) is 0. The van der Waals surface area contributed by atoms with E-state index in [9.17, 15) is 17.6 Å². The van der Waals surface area contributed by atoms with Crippen molar-refractivity contribution in [3.63, 3.8) is 0 Å². The molecular formula is C11H10F4. The molecule has 0 bridgehead atoms. The van der Waals surface area contributed by atoms with Gasteiger partial charge >= 0.3 is 6.18 Å². The lowest BCUT2D eigenvalue weighted by Crippen LogP contribution is -2.08.